The number of aryl methyl sites for hydroxylation is 1. The summed E-state index contributed by atoms with van der Waals surface area (Å²) in [5, 5.41) is 8.66. The highest BCUT2D eigenvalue weighted by atomic mass is 16.5. The minimum absolute atomic E-state index is 0.0924. The smallest absolute Gasteiger partial charge is 0.335 e. The van der Waals surface area contributed by atoms with Gasteiger partial charge in [0.15, 0.2) is 0 Å². The predicted octanol–water partition coefficient (Wildman–Crippen LogP) is 6.78. The van der Waals surface area contributed by atoms with Crippen LogP contribution in [0.4, 0.5) is 0 Å². The van der Waals surface area contributed by atoms with Crippen molar-refractivity contribution in [1.82, 2.24) is 4.90 Å². The summed E-state index contributed by atoms with van der Waals surface area (Å²) < 4.78 is 10.7. The molecule has 0 saturated carbocycles. The Morgan fingerprint density at radius 1 is 0.872 bits per heavy atom. The van der Waals surface area contributed by atoms with E-state index in [2.05, 4.69) is 44.3 Å². The Bertz CT molecular complexity index is 1260. The molecule has 0 aromatic heterocycles. The lowest BCUT2D eigenvalue weighted by atomic mass is 9.88. The summed E-state index contributed by atoms with van der Waals surface area (Å²) in [5.74, 6) is 0.938. The van der Waals surface area contributed by atoms with Crippen LogP contribution in [0.5, 0.6) is 11.5 Å². The van der Waals surface area contributed by atoms with Gasteiger partial charge in [0.1, 0.15) is 24.7 Å². The van der Waals surface area contributed by atoms with Gasteiger partial charge in [0.05, 0.1) is 5.56 Å². The molecule has 0 aliphatic carbocycles. The van der Waals surface area contributed by atoms with Crippen molar-refractivity contribution < 1.29 is 24.2 Å². The van der Waals surface area contributed by atoms with E-state index in [4.69, 9.17) is 14.6 Å². The number of carbonyl (C=O) groups excluding carboxylic acids is 1. The van der Waals surface area contributed by atoms with E-state index in [1.807, 2.05) is 29.2 Å². The van der Waals surface area contributed by atoms with Crippen LogP contribution in [0.3, 0.4) is 0 Å². The van der Waals surface area contributed by atoms with Crippen molar-refractivity contribution in [3.8, 4) is 11.5 Å². The molecule has 3 aromatic rings. The molecule has 1 aliphatic rings. The highest BCUT2D eigenvalue weighted by molar-refractivity contribution is 5.94. The van der Waals surface area contributed by atoms with Crippen LogP contribution in [0.1, 0.15) is 57.5 Å². The van der Waals surface area contributed by atoms with Crippen LogP contribution in [-0.2, 0) is 6.42 Å². The number of piperidine rings is 1. The number of carboxylic acids is 1. The zero-order valence-corrected chi connectivity index (χ0v) is 22.6. The van der Waals surface area contributed by atoms with Gasteiger partial charge in [-0.2, -0.15) is 0 Å². The number of rotatable bonds is 10. The van der Waals surface area contributed by atoms with E-state index < -0.39 is 5.97 Å². The Labute approximate surface area is 231 Å². The maximum atomic E-state index is 12.8. The number of carbonyl (C=O) groups is 2. The summed E-state index contributed by atoms with van der Waals surface area (Å²) in [6.07, 6.45) is 6.41. The molecule has 0 radical (unpaired) electrons. The van der Waals surface area contributed by atoms with E-state index in [-0.39, 0.29) is 11.5 Å². The summed E-state index contributed by atoms with van der Waals surface area (Å²) in [5.41, 5.74) is 3.72. The summed E-state index contributed by atoms with van der Waals surface area (Å²) in [4.78, 5) is 25.3. The highest BCUT2D eigenvalue weighted by Gasteiger charge is 2.25. The normalized spacial score (nSPS) is 13.0. The fourth-order valence-electron chi connectivity index (χ4n) is 4.41. The van der Waals surface area contributed by atoms with E-state index in [9.17, 15) is 9.59 Å². The van der Waals surface area contributed by atoms with Crippen LogP contribution in [0.15, 0.2) is 98.1 Å². The van der Waals surface area contributed by atoms with Gasteiger partial charge < -0.3 is 19.5 Å². The number of hydrogen-bond donors (Lipinski definition) is 1. The number of nitrogens with zero attached hydrogens (tertiary/aromatic N) is 1. The monoisotopic (exact) mass is 527 g/mol. The van der Waals surface area contributed by atoms with Crippen molar-refractivity contribution in [2.24, 2.45) is 0 Å². The maximum Gasteiger partial charge on any atom is 0.335 e. The average Bonchev–Trinajstić information content (AvgIpc) is 2.99. The van der Waals surface area contributed by atoms with Crippen molar-refractivity contribution in [2.75, 3.05) is 26.3 Å². The van der Waals surface area contributed by atoms with Crippen LogP contribution in [0, 0.1) is 0 Å². The zero-order valence-electron chi connectivity index (χ0n) is 22.6. The van der Waals surface area contributed by atoms with Crippen LogP contribution in [-0.4, -0.2) is 48.2 Å². The standard InChI is InChI=1S/C23H27NO2.C10H10O3/c1-3-15-26-22-10-6-9-21(17-22)23(25)24-13-11-19(12-14-24)20-8-5-7-18(4-2)16-20;1-2-6-13-9-5-3-4-8(7-9)10(11)12/h3,5-10,16-17,19H,1,4,11-15H2,2H3;2-5,7H,1,6H2,(H,11,12). The number of likely N-dealkylation sites (tertiary alicyclic amines) is 1. The molecule has 0 spiro atoms. The van der Waals surface area contributed by atoms with Crippen molar-refractivity contribution in [3.63, 3.8) is 0 Å². The molecule has 4 rings (SSSR count). The molecule has 39 heavy (non-hydrogen) atoms. The van der Waals surface area contributed by atoms with Gasteiger partial charge in [0, 0.05) is 18.7 Å². The Kier molecular flexibility index (Phi) is 11.4. The van der Waals surface area contributed by atoms with Crippen LogP contribution in [0.25, 0.3) is 0 Å². The minimum Gasteiger partial charge on any atom is -0.490 e. The number of benzene rings is 3. The highest BCUT2D eigenvalue weighted by Crippen LogP contribution is 2.29. The molecular formula is C33H37NO5. The number of hydrogen-bond acceptors (Lipinski definition) is 4. The molecular weight excluding hydrogens is 490 g/mol. The van der Waals surface area contributed by atoms with Gasteiger partial charge in [0.2, 0.25) is 0 Å². The molecule has 0 atom stereocenters. The zero-order chi connectivity index (χ0) is 28.0. The van der Waals surface area contributed by atoms with E-state index in [0.29, 0.717) is 36.2 Å². The molecule has 1 amide bonds. The fraction of sp³-hybridized carbons (Fsp3) is 0.273. The fourth-order valence-corrected chi connectivity index (χ4v) is 4.41. The van der Waals surface area contributed by atoms with Gasteiger partial charge in [-0.05, 0) is 72.7 Å². The lowest BCUT2D eigenvalue weighted by Crippen LogP contribution is -2.37. The Morgan fingerprint density at radius 3 is 2.00 bits per heavy atom. The summed E-state index contributed by atoms with van der Waals surface area (Å²) in [6, 6.07) is 22.6. The Morgan fingerprint density at radius 2 is 1.44 bits per heavy atom. The van der Waals surface area contributed by atoms with E-state index in [1.165, 1.54) is 23.3 Å². The second-order valence-corrected chi connectivity index (χ2v) is 9.23. The largest absolute Gasteiger partial charge is 0.490 e. The Hall–Kier alpha value is -4.32. The second-order valence-electron chi connectivity index (χ2n) is 9.23. The third kappa shape index (κ3) is 8.88. The SMILES string of the molecule is C=CCOc1cccc(C(=O)N2CCC(c3cccc(CC)c3)CC2)c1.C=CCOc1cccc(C(=O)O)c1. The molecule has 1 heterocycles. The van der Waals surface area contributed by atoms with Crippen LogP contribution in [0.2, 0.25) is 0 Å². The lowest BCUT2D eigenvalue weighted by Gasteiger charge is -2.32. The molecule has 6 heteroatoms. The molecule has 1 fully saturated rings. The first-order valence-electron chi connectivity index (χ1n) is 13.2. The van der Waals surface area contributed by atoms with Crippen LogP contribution < -0.4 is 9.47 Å². The van der Waals surface area contributed by atoms with Crippen LogP contribution >= 0.6 is 0 Å². The van der Waals surface area contributed by atoms with Gasteiger partial charge in [-0.3, -0.25) is 4.79 Å². The number of amides is 1. The molecule has 0 unspecified atom stereocenters. The number of ether oxygens (including phenoxy) is 2. The third-order valence-electron chi connectivity index (χ3n) is 6.51. The summed E-state index contributed by atoms with van der Waals surface area (Å²) in [6.45, 7) is 11.8. The average molecular weight is 528 g/mol. The molecule has 6 nitrogen and oxygen atoms in total. The van der Waals surface area contributed by atoms with E-state index >= 15 is 0 Å². The number of carboxylic acid groups (broad SMARTS) is 1. The first-order valence-corrected chi connectivity index (χ1v) is 13.2. The molecule has 1 saturated heterocycles. The second kappa shape index (κ2) is 15.2. The molecule has 1 N–H and O–H groups in total. The van der Waals surface area contributed by atoms with Crippen molar-refractivity contribution in [2.45, 2.75) is 32.1 Å². The third-order valence-corrected chi connectivity index (χ3v) is 6.51. The number of aromatic carboxylic acids is 1. The van der Waals surface area contributed by atoms with Gasteiger partial charge >= 0.3 is 5.97 Å². The molecule has 0 bridgehead atoms. The van der Waals surface area contributed by atoms with Gasteiger partial charge in [-0.1, -0.05) is 68.6 Å². The molecule has 3 aromatic carbocycles. The minimum atomic E-state index is -0.955. The van der Waals surface area contributed by atoms with E-state index in [0.717, 1.165) is 32.4 Å². The summed E-state index contributed by atoms with van der Waals surface area (Å²) >= 11 is 0. The lowest BCUT2D eigenvalue weighted by molar-refractivity contribution is 0.0692. The Balaban J connectivity index is 0.000000272. The van der Waals surface area contributed by atoms with Gasteiger partial charge in [-0.25, -0.2) is 4.79 Å². The van der Waals surface area contributed by atoms with Crippen molar-refractivity contribution in [1.29, 1.82) is 0 Å². The molecule has 1 aliphatic heterocycles. The first-order chi connectivity index (χ1) is 18.9. The topological polar surface area (TPSA) is 76.1 Å². The predicted molar refractivity (Wildman–Crippen MR) is 155 cm³/mol. The summed E-state index contributed by atoms with van der Waals surface area (Å²) in [7, 11) is 0. The maximum absolute atomic E-state index is 12.8. The molecule has 204 valence electrons. The quantitative estimate of drug-likeness (QED) is 0.294. The first kappa shape index (κ1) is 29.2. The van der Waals surface area contributed by atoms with Gasteiger partial charge in [-0.15, -0.1) is 0 Å². The van der Waals surface area contributed by atoms with Crippen molar-refractivity contribution in [3.05, 3.63) is 120 Å². The van der Waals surface area contributed by atoms with E-state index in [1.54, 1.807) is 24.3 Å². The van der Waals surface area contributed by atoms with Gasteiger partial charge in [0.25, 0.3) is 5.91 Å². The van der Waals surface area contributed by atoms with Crippen molar-refractivity contribution >= 4 is 11.9 Å².